The van der Waals surface area contributed by atoms with E-state index in [1.54, 1.807) is 17.0 Å². The summed E-state index contributed by atoms with van der Waals surface area (Å²) in [5.74, 6) is 0.761. The molecule has 0 spiro atoms. The molecule has 4 aromatic rings. The lowest BCUT2D eigenvalue weighted by molar-refractivity contribution is -0.140. The first kappa shape index (κ1) is 30.4. The van der Waals surface area contributed by atoms with Gasteiger partial charge in [-0.25, -0.2) is 0 Å². The quantitative estimate of drug-likeness (QED) is 0.141. The Labute approximate surface area is 248 Å². The van der Waals surface area contributed by atoms with Crippen molar-refractivity contribution >= 4 is 11.9 Å². The number of unbranched alkanes of at least 4 members (excludes halogenated alkanes) is 1. The van der Waals surface area contributed by atoms with Crippen LogP contribution in [0.5, 0.6) is 11.5 Å². The van der Waals surface area contributed by atoms with Gasteiger partial charge in [-0.3, -0.25) is 9.59 Å². The van der Waals surface area contributed by atoms with Crippen LogP contribution < -0.4 is 9.47 Å². The first-order valence-corrected chi connectivity index (χ1v) is 14.5. The van der Waals surface area contributed by atoms with E-state index in [0.717, 1.165) is 23.1 Å². The Morgan fingerprint density at radius 2 is 1.31 bits per heavy atom. The molecule has 0 saturated heterocycles. The van der Waals surface area contributed by atoms with Gasteiger partial charge in [-0.05, 0) is 65.4 Å². The fourth-order valence-electron chi connectivity index (χ4n) is 4.53. The predicted octanol–water partition coefficient (Wildman–Crippen LogP) is 7.39. The lowest BCUT2D eigenvalue weighted by atomic mass is 10.1. The van der Waals surface area contributed by atoms with Crippen LogP contribution in [0, 0.1) is 0 Å². The highest BCUT2D eigenvalue weighted by Crippen LogP contribution is 2.21. The zero-order chi connectivity index (χ0) is 29.6. The molecule has 0 fully saturated rings. The summed E-state index contributed by atoms with van der Waals surface area (Å²) in [5, 5.41) is 0. The molecule has 6 nitrogen and oxygen atoms in total. The minimum atomic E-state index is -0.370. The van der Waals surface area contributed by atoms with Crippen LogP contribution in [0.2, 0.25) is 0 Å². The van der Waals surface area contributed by atoms with Gasteiger partial charge in [0.1, 0.15) is 24.7 Å². The largest absolute Gasteiger partial charge is 0.489 e. The van der Waals surface area contributed by atoms with Crippen LogP contribution in [0.3, 0.4) is 0 Å². The molecule has 0 heterocycles. The van der Waals surface area contributed by atoms with E-state index >= 15 is 0 Å². The summed E-state index contributed by atoms with van der Waals surface area (Å²) in [6.07, 6.45) is 3.53. The molecule has 0 aliphatic carbocycles. The van der Waals surface area contributed by atoms with Gasteiger partial charge >= 0.3 is 5.97 Å². The van der Waals surface area contributed by atoms with Crippen LogP contribution in [0.1, 0.15) is 58.8 Å². The maximum Gasteiger partial charge on any atom is 0.307 e. The van der Waals surface area contributed by atoms with Gasteiger partial charge in [-0.2, -0.15) is 0 Å². The number of ether oxygens (including phenoxy) is 3. The minimum absolute atomic E-state index is 0.0941. The first-order valence-electron chi connectivity index (χ1n) is 14.5. The minimum Gasteiger partial charge on any atom is -0.489 e. The van der Waals surface area contributed by atoms with Crippen molar-refractivity contribution in [3.8, 4) is 11.5 Å². The van der Waals surface area contributed by atoms with E-state index in [9.17, 15) is 9.59 Å². The van der Waals surface area contributed by atoms with Crippen LogP contribution in [0.4, 0.5) is 0 Å². The molecule has 0 unspecified atom stereocenters. The molecule has 4 aromatic carbocycles. The third-order valence-electron chi connectivity index (χ3n) is 6.95. The second-order valence-electron chi connectivity index (χ2n) is 10.2. The zero-order valence-electron chi connectivity index (χ0n) is 24.5. The Morgan fingerprint density at radius 1 is 0.690 bits per heavy atom. The molecule has 0 atom stereocenters. The molecule has 1 amide bonds. The van der Waals surface area contributed by atoms with Crippen molar-refractivity contribution in [1.29, 1.82) is 0 Å². The smallest absolute Gasteiger partial charge is 0.307 e. The highest BCUT2D eigenvalue weighted by atomic mass is 16.5. The molecular weight excluding hydrogens is 526 g/mol. The molecular formula is C36H39NO5. The van der Waals surface area contributed by atoms with E-state index < -0.39 is 0 Å². The molecule has 0 aliphatic heterocycles. The number of amides is 1. The number of esters is 1. The summed E-state index contributed by atoms with van der Waals surface area (Å²) >= 11 is 0. The van der Waals surface area contributed by atoms with Gasteiger partial charge in [0.15, 0.2) is 0 Å². The molecule has 4 rings (SSSR count). The Morgan fingerprint density at radius 3 is 2.00 bits per heavy atom. The van der Waals surface area contributed by atoms with Crippen molar-refractivity contribution in [2.75, 3.05) is 13.7 Å². The molecule has 0 aromatic heterocycles. The number of methoxy groups -OCH3 is 1. The fraction of sp³-hybridized carbons (Fsp3) is 0.278. The van der Waals surface area contributed by atoms with Gasteiger partial charge in [-0.1, -0.05) is 86.1 Å². The maximum atomic E-state index is 13.7. The Kier molecular flexibility index (Phi) is 11.6. The topological polar surface area (TPSA) is 65.1 Å². The van der Waals surface area contributed by atoms with Gasteiger partial charge in [0, 0.05) is 18.7 Å². The number of nitrogens with zero attached hydrogens (tertiary/aromatic N) is 1. The standard InChI is InChI=1S/C36H39NO5/c1-3-4-10-28-17-19-30(20-18-28)27-42-34-16-9-14-32(24-34)36(39)37(22-21-35(38)40-2)25-31-13-8-15-33(23-31)41-26-29-11-6-5-7-12-29/h5-9,11-20,23-24H,3-4,10,21-22,25-27H2,1-2H3. The lowest BCUT2D eigenvalue weighted by Gasteiger charge is -2.23. The van der Waals surface area contributed by atoms with E-state index in [2.05, 4.69) is 31.2 Å². The van der Waals surface area contributed by atoms with Gasteiger partial charge in [0.05, 0.1) is 13.5 Å². The lowest BCUT2D eigenvalue weighted by Crippen LogP contribution is -2.32. The molecule has 6 heteroatoms. The molecule has 0 saturated carbocycles. The molecule has 218 valence electrons. The molecule has 0 bridgehead atoms. The number of carbonyl (C=O) groups excluding carboxylic acids is 2. The van der Waals surface area contributed by atoms with E-state index in [1.807, 2.05) is 66.7 Å². The van der Waals surface area contributed by atoms with Crippen molar-refractivity contribution < 1.29 is 23.8 Å². The molecule has 0 radical (unpaired) electrons. The third kappa shape index (κ3) is 9.51. The van der Waals surface area contributed by atoms with Crippen molar-refractivity contribution in [1.82, 2.24) is 4.90 Å². The summed E-state index contributed by atoms with van der Waals surface area (Å²) in [4.78, 5) is 27.3. The number of carbonyl (C=O) groups is 2. The summed E-state index contributed by atoms with van der Waals surface area (Å²) in [6, 6.07) is 33.3. The second kappa shape index (κ2) is 16.0. The molecule has 0 aliphatic rings. The van der Waals surface area contributed by atoms with E-state index in [4.69, 9.17) is 14.2 Å². The van der Waals surface area contributed by atoms with E-state index in [-0.39, 0.29) is 24.8 Å². The second-order valence-corrected chi connectivity index (χ2v) is 10.2. The average Bonchev–Trinajstić information content (AvgIpc) is 3.04. The van der Waals surface area contributed by atoms with E-state index in [0.29, 0.717) is 36.8 Å². The third-order valence-corrected chi connectivity index (χ3v) is 6.95. The summed E-state index contributed by atoms with van der Waals surface area (Å²) in [6.45, 7) is 3.59. The first-order chi connectivity index (χ1) is 20.5. The monoisotopic (exact) mass is 565 g/mol. The predicted molar refractivity (Wildman–Crippen MR) is 164 cm³/mol. The van der Waals surface area contributed by atoms with E-state index in [1.165, 1.54) is 25.5 Å². The van der Waals surface area contributed by atoms with Crippen LogP contribution in [0.25, 0.3) is 0 Å². The number of hydrogen-bond acceptors (Lipinski definition) is 5. The SMILES string of the molecule is CCCCc1ccc(COc2cccc(C(=O)N(CCC(=O)OC)Cc3cccc(OCc4ccccc4)c3)c2)cc1. The highest BCUT2D eigenvalue weighted by molar-refractivity contribution is 5.94. The van der Waals surface area contributed by atoms with Crippen molar-refractivity contribution in [2.45, 2.75) is 52.4 Å². The molecule has 0 N–H and O–H groups in total. The summed E-state index contributed by atoms with van der Waals surface area (Å²) in [7, 11) is 1.35. The summed E-state index contributed by atoms with van der Waals surface area (Å²) < 4.78 is 16.9. The maximum absolute atomic E-state index is 13.7. The van der Waals surface area contributed by atoms with Crippen LogP contribution in [-0.4, -0.2) is 30.4 Å². The molecule has 42 heavy (non-hydrogen) atoms. The van der Waals surface area contributed by atoms with Crippen molar-refractivity contribution in [3.63, 3.8) is 0 Å². The number of rotatable bonds is 15. The van der Waals surface area contributed by atoms with Crippen molar-refractivity contribution in [3.05, 3.63) is 131 Å². The summed E-state index contributed by atoms with van der Waals surface area (Å²) in [5.41, 5.74) is 4.86. The van der Waals surface area contributed by atoms with Gasteiger partial charge in [-0.15, -0.1) is 0 Å². The van der Waals surface area contributed by atoms with Crippen LogP contribution in [-0.2, 0) is 35.7 Å². The normalized spacial score (nSPS) is 10.6. The van der Waals surface area contributed by atoms with Gasteiger partial charge < -0.3 is 19.1 Å². The van der Waals surface area contributed by atoms with Crippen molar-refractivity contribution in [2.24, 2.45) is 0 Å². The Balaban J connectivity index is 1.42. The zero-order valence-corrected chi connectivity index (χ0v) is 24.5. The number of aryl methyl sites for hydroxylation is 1. The van der Waals surface area contributed by atoms with Gasteiger partial charge in [0.2, 0.25) is 0 Å². The fourth-order valence-corrected chi connectivity index (χ4v) is 4.53. The average molecular weight is 566 g/mol. The van der Waals surface area contributed by atoms with Crippen LogP contribution >= 0.6 is 0 Å². The number of hydrogen-bond donors (Lipinski definition) is 0. The van der Waals surface area contributed by atoms with Gasteiger partial charge in [0.25, 0.3) is 5.91 Å². The highest BCUT2D eigenvalue weighted by Gasteiger charge is 2.19. The number of benzene rings is 4. The Bertz CT molecular complexity index is 1420. The Hall–Kier alpha value is -4.58. The van der Waals surface area contributed by atoms with Crippen LogP contribution in [0.15, 0.2) is 103 Å².